The van der Waals surface area contributed by atoms with Gasteiger partial charge in [0, 0.05) is 15.3 Å². The lowest BCUT2D eigenvalue weighted by Gasteiger charge is -2.14. The van der Waals surface area contributed by atoms with Crippen molar-refractivity contribution in [1.29, 1.82) is 0 Å². The summed E-state index contributed by atoms with van der Waals surface area (Å²) in [6.07, 6.45) is 1.31. The third-order valence-electron chi connectivity index (χ3n) is 3.10. The molecular formula is C16H20O2S. The second-order valence-corrected chi connectivity index (χ2v) is 5.73. The summed E-state index contributed by atoms with van der Waals surface area (Å²) in [6.45, 7) is 4.69. The number of aliphatic hydroxyl groups is 1. The van der Waals surface area contributed by atoms with Gasteiger partial charge in [-0.25, -0.2) is 0 Å². The van der Waals surface area contributed by atoms with Crippen LogP contribution in [0.4, 0.5) is 0 Å². The zero-order chi connectivity index (χ0) is 13.7. The van der Waals surface area contributed by atoms with Crippen LogP contribution in [0.25, 0.3) is 0 Å². The Kier molecular flexibility index (Phi) is 5.00. The molecule has 2 aromatic rings. The van der Waals surface area contributed by atoms with Crippen LogP contribution >= 0.6 is 11.3 Å². The van der Waals surface area contributed by atoms with E-state index in [9.17, 15) is 5.11 Å². The number of thiophene rings is 1. The summed E-state index contributed by atoms with van der Waals surface area (Å²) in [5.74, 6) is 0.781. The van der Waals surface area contributed by atoms with Crippen LogP contribution in [-0.2, 0) is 13.0 Å². The molecule has 0 unspecified atom stereocenters. The van der Waals surface area contributed by atoms with E-state index in [0.717, 1.165) is 17.7 Å². The molecule has 1 aromatic heterocycles. The highest BCUT2D eigenvalue weighted by Gasteiger charge is 2.11. The molecule has 0 spiro atoms. The average molecular weight is 276 g/mol. The fourth-order valence-electron chi connectivity index (χ4n) is 1.95. The van der Waals surface area contributed by atoms with Gasteiger partial charge in [-0.1, -0.05) is 32.0 Å². The Morgan fingerprint density at radius 3 is 2.53 bits per heavy atom. The van der Waals surface area contributed by atoms with Crippen molar-refractivity contribution in [2.24, 2.45) is 0 Å². The minimum Gasteiger partial charge on any atom is -0.488 e. The number of aryl methyl sites for hydroxylation is 1. The van der Waals surface area contributed by atoms with Gasteiger partial charge in [0.1, 0.15) is 12.4 Å². The number of ether oxygens (including phenoxy) is 1. The molecule has 1 heterocycles. The van der Waals surface area contributed by atoms with Crippen LogP contribution < -0.4 is 4.74 Å². The lowest BCUT2D eigenvalue weighted by Crippen LogP contribution is -2.01. The van der Waals surface area contributed by atoms with Gasteiger partial charge in [-0.3, -0.25) is 0 Å². The van der Waals surface area contributed by atoms with Gasteiger partial charge in [-0.15, -0.1) is 11.3 Å². The number of para-hydroxylation sites is 1. The van der Waals surface area contributed by atoms with Gasteiger partial charge < -0.3 is 9.84 Å². The van der Waals surface area contributed by atoms with Crippen LogP contribution in [0, 0.1) is 0 Å². The van der Waals surface area contributed by atoms with Crippen molar-refractivity contribution in [3.05, 3.63) is 51.7 Å². The molecule has 3 heteroatoms. The SMILES string of the molecule is CCc1ccc(COc2ccccc2[C@@H](O)CC)s1. The van der Waals surface area contributed by atoms with Gasteiger partial charge in [0.2, 0.25) is 0 Å². The van der Waals surface area contributed by atoms with E-state index in [-0.39, 0.29) is 0 Å². The molecule has 0 amide bonds. The first kappa shape index (κ1) is 14.1. The molecule has 0 saturated carbocycles. The molecule has 0 radical (unpaired) electrons. The Morgan fingerprint density at radius 1 is 1.11 bits per heavy atom. The van der Waals surface area contributed by atoms with Gasteiger partial charge in [0.05, 0.1) is 6.10 Å². The number of hydrogen-bond acceptors (Lipinski definition) is 3. The summed E-state index contributed by atoms with van der Waals surface area (Å²) in [4.78, 5) is 2.60. The van der Waals surface area contributed by atoms with Gasteiger partial charge >= 0.3 is 0 Å². The largest absolute Gasteiger partial charge is 0.488 e. The Balaban J connectivity index is 2.06. The summed E-state index contributed by atoms with van der Waals surface area (Å²) in [6, 6.07) is 12.0. The third-order valence-corrected chi connectivity index (χ3v) is 4.30. The van der Waals surface area contributed by atoms with Crippen molar-refractivity contribution in [1.82, 2.24) is 0 Å². The first-order valence-corrected chi connectivity index (χ1v) is 7.53. The Morgan fingerprint density at radius 2 is 1.84 bits per heavy atom. The molecule has 0 aliphatic rings. The predicted molar refractivity (Wildman–Crippen MR) is 79.7 cm³/mol. The van der Waals surface area contributed by atoms with Crippen LogP contribution in [0.5, 0.6) is 5.75 Å². The number of hydrogen-bond donors (Lipinski definition) is 1. The molecule has 1 N–H and O–H groups in total. The Labute approximate surface area is 118 Å². The van der Waals surface area contributed by atoms with Crippen molar-refractivity contribution in [3.8, 4) is 5.75 Å². The normalized spacial score (nSPS) is 12.4. The topological polar surface area (TPSA) is 29.5 Å². The van der Waals surface area contributed by atoms with Gasteiger partial charge in [-0.2, -0.15) is 0 Å². The van der Waals surface area contributed by atoms with Gasteiger partial charge in [0.15, 0.2) is 0 Å². The quantitative estimate of drug-likeness (QED) is 0.850. The van der Waals surface area contributed by atoms with Crippen LogP contribution in [0.15, 0.2) is 36.4 Å². The monoisotopic (exact) mass is 276 g/mol. The fourth-order valence-corrected chi connectivity index (χ4v) is 2.82. The highest BCUT2D eigenvalue weighted by molar-refractivity contribution is 7.11. The summed E-state index contributed by atoms with van der Waals surface area (Å²) < 4.78 is 5.85. The lowest BCUT2D eigenvalue weighted by molar-refractivity contribution is 0.166. The number of aliphatic hydroxyl groups excluding tert-OH is 1. The van der Waals surface area contributed by atoms with Crippen LogP contribution in [0.1, 0.15) is 41.7 Å². The molecule has 0 bridgehead atoms. The predicted octanol–water partition coefficient (Wildman–Crippen LogP) is 4.33. The van der Waals surface area contributed by atoms with Crippen LogP contribution in [0.3, 0.4) is 0 Å². The van der Waals surface area contributed by atoms with Crippen molar-refractivity contribution in [3.63, 3.8) is 0 Å². The standard InChI is InChI=1S/C16H20O2S/c1-3-12-9-10-13(19-12)11-18-16-8-6-5-7-14(16)15(17)4-2/h5-10,15,17H,3-4,11H2,1-2H3/t15-/m0/s1. The highest BCUT2D eigenvalue weighted by atomic mass is 32.1. The minimum absolute atomic E-state index is 0.453. The van der Waals surface area contributed by atoms with Crippen molar-refractivity contribution in [2.45, 2.75) is 39.4 Å². The molecular weight excluding hydrogens is 256 g/mol. The average Bonchev–Trinajstić information content (AvgIpc) is 2.92. The Hall–Kier alpha value is -1.32. The van der Waals surface area contributed by atoms with E-state index >= 15 is 0 Å². The highest BCUT2D eigenvalue weighted by Crippen LogP contribution is 2.28. The van der Waals surface area contributed by atoms with Crippen molar-refractivity contribution >= 4 is 11.3 Å². The van der Waals surface area contributed by atoms with Crippen molar-refractivity contribution < 1.29 is 9.84 Å². The number of rotatable bonds is 6. The summed E-state index contributed by atoms with van der Waals surface area (Å²) in [5.41, 5.74) is 0.872. The van der Waals surface area contributed by atoms with E-state index in [2.05, 4.69) is 19.1 Å². The van der Waals surface area contributed by atoms with Crippen LogP contribution in [0.2, 0.25) is 0 Å². The first-order chi connectivity index (χ1) is 9.24. The van der Waals surface area contributed by atoms with E-state index in [1.165, 1.54) is 9.75 Å². The van der Waals surface area contributed by atoms with E-state index in [1.54, 1.807) is 11.3 Å². The van der Waals surface area contributed by atoms with Gasteiger partial charge in [0.25, 0.3) is 0 Å². The van der Waals surface area contributed by atoms with E-state index in [1.807, 2.05) is 31.2 Å². The fraction of sp³-hybridized carbons (Fsp3) is 0.375. The number of benzene rings is 1. The minimum atomic E-state index is -0.453. The molecule has 0 saturated heterocycles. The van der Waals surface area contributed by atoms with Crippen molar-refractivity contribution in [2.75, 3.05) is 0 Å². The Bertz CT molecular complexity index is 519. The molecule has 0 aliphatic heterocycles. The molecule has 1 aromatic carbocycles. The third kappa shape index (κ3) is 3.58. The summed E-state index contributed by atoms with van der Waals surface area (Å²) in [5, 5.41) is 9.97. The molecule has 2 nitrogen and oxygen atoms in total. The first-order valence-electron chi connectivity index (χ1n) is 6.72. The zero-order valence-corrected chi connectivity index (χ0v) is 12.2. The maximum absolute atomic E-state index is 9.97. The maximum atomic E-state index is 9.97. The molecule has 0 aliphatic carbocycles. The zero-order valence-electron chi connectivity index (χ0n) is 11.4. The molecule has 19 heavy (non-hydrogen) atoms. The van der Waals surface area contributed by atoms with E-state index in [4.69, 9.17) is 4.74 Å². The van der Waals surface area contributed by atoms with E-state index < -0.39 is 6.10 Å². The second kappa shape index (κ2) is 6.73. The maximum Gasteiger partial charge on any atom is 0.125 e. The van der Waals surface area contributed by atoms with E-state index in [0.29, 0.717) is 13.0 Å². The molecule has 1 atom stereocenters. The van der Waals surface area contributed by atoms with Crippen LogP contribution in [-0.4, -0.2) is 5.11 Å². The van der Waals surface area contributed by atoms with Gasteiger partial charge in [-0.05, 0) is 31.0 Å². The summed E-state index contributed by atoms with van der Waals surface area (Å²) >= 11 is 1.78. The molecule has 0 fully saturated rings. The summed E-state index contributed by atoms with van der Waals surface area (Å²) in [7, 11) is 0. The molecule has 102 valence electrons. The lowest BCUT2D eigenvalue weighted by atomic mass is 10.1. The molecule has 2 rings (SSSR count). The second-order valence-electron chi connectivity index (χ2n) is 4.47. The smallest absolute Gasteiger partial charge is 0.125 e.